The van der Waals surface area contributed by atoms with Gasteiger partial charge in [0, 0.05) is 0 Å². The molecule has 0 spiro atoms. The first kappa shape index (κ1) is 9.08. The van der Waals surface area contributed by atoms with E-state index in [1.54, 1.807) is 12.5 Å². The lowest BCUT2D eigenvalue weighted by Gasteiger charge is -2.11. The second-order valence-corrected chi connectivity index (χ2v) is 3.24. The van der Waals surface area contributed by atoms with Crippen LogP contribution in [0, 0.1) is 0 Å². The molecule has 0 amide bonds. The average Bonchev–Trinajstić information content (AvgIpc) is 2.61. The lowest BCUT2D eigenvalue weighted by Crippen LogP contribution is -2.17. The predicted octanol–water partition coefficient (Wildman–Crippen LogP) is 1.08. The molecule has 14 heavy (non-hydrogen) atoms. The number of nitrogens with two attached hydrogens (primary N) is 1. The van der Waals surface area contributed by atoms with Gasteiger partial charge in [-0.05, 0) is 6.42 Å². The maximum atomic E-state index is 5.98. The normalized spacial score (nSPS) is 13.3. The van der Waals surface area contributed by atoms with Crippen LogP contribution in [0.1, 0.15) is 25.9 Å². The van der Waals surface area contributed by atoms with Crippen LogP contribution < -0.4 is 5.73 Å². The Labute approximate surface area is 82.0 Å². The summed E-state index contributed by atoms with van der Waals surface area (Å²) in [5.74, 6) is 0. The van der Waals surface area contributed by atoms with Gasteiger partial charge in [0.25, 0.3) is 0 Å². The lowest BCUT2D eigenvalue weighted by atomic mass is 10.3. The van der Waals surface area contributed by atoms with Gasteiger partial charge in [-0.15, -0.1) is 0 Å². The molecular weight excluding hydrogens is 178 g/mol. The van der Waals surface area contributed by atoms with Crippen LogP contribution in [0.15, 0.2) is 18.9 Å². The van der Waals surface area contributed by atoms with Gasteiger partial charge in [0.05, 0.1) is 18.7 Å². The summed E-state index contributed by atoms with van der Waals surface area (Å²) < 4.78 is 1.89. The molecule has 74 valence electrons. The van der Waals surface area contributed by atoms with E-state index in [4.69, 9.17) is 5.73 Å². The van der Waals surface area contributed by atoms with Crippen molar-refractivity contribution in [1.29, 1.82) is 0 Å². The van der Waals surface area contributed by atoms with Gasteiger partial charge in [-0.1, -0.05) is 13.3 Å². The van der Waals surface area contributed by atoms with Crippen molar-refractivity contribution in [3.63, 3.8) is 0 Å². The first-order valence-corrected chi connectivity index (χ1v) is 4.71. The van der Waals surface area contributed by atoms with Crippen molar-refractivity contribution in [3.05, 3.63) is 18.9 Å². The zero-order chi connectivity index (χ0) is 9.97. The molecule has 0 saturated carbocycles. The fourth-order valence-corrected chi connectivity index (χ4v) is 1.46. The topological polar surface area (TPSA) is 69.6 Å². The first-order chi connectivity index (χ1) is 6.83. The van der Waals surface area contributed by atoms with Crippen molar-refractivity contribution in [2.75, 3.05) is 0 Å². The predicted molar refractivity (Wildman–Crippen MR) is 53.5 cm³/mol. The van der Waals surface area contributed by atoms with E-state index in [0.717, 1.165) is 24.0 Å². The monoisotopic (exact) mass is 191 g/mol. The minimum absolute atomic E-state index is 0.0418. The average molecular weight is 191 g/mol. The van der Waals surface area contributed by atoms with Gasteiger partial charge in [0.15, 0.2) is 5.65 Å². The number of fused-ring (bicyclic) bond motifs is 1. The van der Waals surface area contributed by atoms with E-state index in [-0.39, 0.29) is 6.17 Å². The molecule has 5 heteroatoms. The van der Waals surface area contributed by atoms with Gasteiger partial charge in [-0.2, -0.15) is 0 Å². The summed E-state index contributed by atoms with van der Waals surface area (Å²) in [5, 5.41) is 0. The lowest BCUT2D eigenvalue weighted by molar-refractivity contribution is 0.486. The van der Waals surface area contributed by atoms with E-state index in [2.05, 4.69) is 21.9 Å². The number of imidazole rings is 1. The Hall–Kier alpha value is -1.49. The van der Waals surface area contributed by atoms with Gasteiger partial charge < -0.3 is 5.73 Å². The highest BCUT2D eigenvalue weighted by Crippen LogP contribution is 2.14. The Morgan fingerprint density at radius 3 is 3.14 bits per heavy atom. The summed E-state index contributed by atoms with van der Waals surface area (Å²) in [4.78, 5) is 12.2. The van der Waals surface area contributed by atoms with E-state index in [9.17, 15) is 0 Å². The van der Waals surface area contributed by atoms with E-state index in [1.165, 1.54) is 6.33 Å². The van der Waals surface area contributed by atoms with Crippen LogP contribution in [0.5, 0.6) is 0 Å². The molecule has 0 fully saturated rings. The number of rotatable bonds is 3. The Bertz CT molecular complexity index is 422. The molecule has 2 N–H and O–H groups in total. The van der Waals surface area contributed by atoms with Gasteiger partial charge in [-0.3, -0.25) is 4.57 Å². The second kappa shape index (κ2) is 3.71. The van der Waals surface area contributed by atoms with Gasteiger partial charge in [-0.25, -0.2) is 15.0 Å². The largest absolute Gasteiger partial charge is 0.311 e. The first-order valence-electron chi connectivity index (χ1n) is 4.71. The second-order valence-electron chi connectivity index (χ2n) is 3.24. The Morgan fingerprint density at radius 1 is 1.50 bits per heavy atom. The highest BCUT2D eigenvalue weighted by atomic mass is 15.2. The maximum absolute atomic E-state index is 5.98. The molecule has 5 nitrogen and oxygen atoms in total. The Kier molecular flexibility index (Phi) is 2.41. The van der Waals surface area contributed by atoms with Crippen LogP contribution in [-0.2, 0) is 0 Å². The van der Waals surface area contributed by atoms with Crippen LogP contribution in [0.3, 0.4) is 0 Å². The smallest absolute Gasteiger partial charge is 0.164 e. The molecule has 1 unspecified atom stereocenters. The summed E-state index contributed by atoms with van der Waals surface area (Å²) in [6.45, 7) is 2.11. The molecule has 0 bridgehead atoms. The summed E-state index contributed by atoms with van der Waals surface area (Å²) in [6, 6.07) is 0. The van der Waals surface area contributed by atoms with Crippen LogP contribution in [0.2, 0.25) is 0 Å². The molecule has 0 aromatic carbocycles. The van der Waals surface area contributed by atoms with E-state index in [0.29, 0.717) is 0 Å². The maximum Gasteiger partial charge on any atom is 0.164 e. The minimum atomic E-state index is -0.0418. The highest BCUT2D eigenvalue weighted by Gasteiger charge is 2.09. The number of hydrogen-bond acceptors (Lipinski definition) is 4. The molecule has 1 atom stereocenters. The Morgan fingerprint density at radius 2 is 2.36 bits per heavy atom. The summed E-state index contributed by atoms with van der Waals surface area (Å²) in [6.07, 6.45) is 6.86. The fourth-order valence-electron chi connectivity index (χ4n) is 1.46. The molecule has 0 aliphatic rings. The number of aromatic nitrogens is 4. The third-order valence-electron chi connectivity index (χ3n) is 2.18. The third-order valence-corrected chi connectivity index (χ3v) is 2.18. The fraction of sp³-hybridized carbons (Fsp3) is 0.444. The quantitative estimate of drug-likeness (QED) is 0.788. The van der Waals surface area contributed by atoms with E-state index in [1.807, 2.05) is 4.57 Å². The number of hydrogen-bond donors (Lipinski definition) is 1. The van der Waals surface area contributed by atoms with Crippen molar-refractivity contribution in [2.24, 2.45) is 5.73 Å². The van der Waals surface area contributed by atoms with Crippen molar-refractivity contribution in [1.82, 2.24) is 19.5 Å². The Balaban J connectivity index is 2.42. The molecule has 0 radical (unpaired) electrons. The SMILES string of the molecule is CCCC(N)n1cnc2cncnc21. The van der Waals surface area contributed by atoms with Crippen molar-refractivity contribution in [3.8, 4) is 0 Å². The van der Waals surface area contributed by atoms with Gasteiger partial charge >= 0.3 is 0 Å². The summed E-state index contributed by atoms with van der Waals surface area (Å²) >= 11 is 0. The highest BCUT2D eigenvalue weighted by molar-refractivity contribution is 5.68. The summed E-state index contributed by atoms with van der Waals surface area (Å²) in [7, 11) is 0. The van der Waals surface area contributed by atoms with Crippen LogP contribution in [0.4, 0.5) is 0 Å². The van der Waals surface area contributed by atoms with Gasteiger partial charge in [0.1, 0.15) is 11.8 Å². The molecular formula is C9H13N5. The van der Waals surface area contributed by atoms with Crippen LogP contribution in [0.25, 0.3) is 11.2 Å². The van der Waals surface area contributed by atoms with Crippen molar-refractivity contribution in [2.45, 2.75) is 25.9 Å². The van der Waals surface area contributed by atoms with Crippen LogP contribution in [-0.4, -0.2) is 19.5 Å². The molecule has 2 aromatic rings. The van der Waals surface area contributed by atoms with Crippen molar-refractivity contribution >= 4 is 11.2 Å². The molecule has 2 heterocycles. The van der Waals surface area contributed by atoms with E-state index < -0.39 is 0 Å². The van der Waals surface area contributed by atoms with Crippen molar-refractivity contribution < 1.29 is 0 Å². The zero-order valence-electron chi connectivity index (χ0n) is 8.09. The molecule has 0 aliphatic carbocycles. The molecule has 0 saturated heterocycles. The zero-order valence-corrected chi connectivity index (χ0v) is 8.09. The third kappa shape index (κ3) is 1.46. The molecule has 2 aromatic heterocycles. The molecule has 0 aliphatic heterocycles. The minimum Gasteiger partial charge on any atom is -0.311 e. The van der Waals surface area contributed by atoms with Crippen LogP contribution >= 0.6 is 0 Å². The summed E-state index contributed by atoms with van der Waals surface area (Å²) in [5.41, 5.74) is 7.58. The van der Waals surface area contributed by atoms with E-state index >= 15 is 0 Å². The molecule has 2 rings (SSSR count). The van der Waals surface area contributed by atoms with Gasteiger partial charge in [0.2, 0.25) is 0 Å². The standard InChI is InChI=1S/C9H13N5/c1-2-3-8(10)14-6-13-7-4-11-5-12-9(7)14/h4-6,8H,2-3,10H2,1H3. The number of nitrogens with zero attached hydrogens (tertiary/aromatic N) is 4.